The SMILES string of the molecule is N=C/C=C(\S)Nc1cc(C2CCCCC2)ccc1C1=NC2=NC=NC3=NC(c4ccc(N5CCCCC5)cc4Nc4ccns4)=CC(=C1)N23. The molecule has 3 aromatic rings. The first-order valence-corrected chi connectivity index (χ1v) is 18.2. The van der Waals surface area contributed by atoms with Crippen LogP contribution in [-0.4, -0.2) is 52.5 Å². The molecule has 4 aliphatic heterocycles. The predicted octanol–water partition coefficient (Wildman–Crippen LogP) is 8.55. The van der Waals surface area contributed by atoms with E-state index in [9.17, 15) is 0 Å². The van der Waals surface area contributed by atoms with Crippen LogP contribution in [-0.2, 0) is 0 Å². The Labute approximate surface area is 296 Å². The molecule has 0 amide bonds. The highest BCUT2D eigenvalue weighted by atomic mass is 32.1. The number of hydrogen-bond acceptors (Lipinski definition) is 12. The molecular weight excluding hydrogens is 649 g/mol. The molecule has 2 aromatic carbocycles. The van der Waals surface area contributed by atoms with Crippen LogP contribution < -0.4 is 15.5 Å². The lowest BCUT2D eigenvalue weighted by Crippen LogP contribution is -2.40. The maximum absolute atomic E-state index is 7.57. The van der Waals surface area contributed by atoms with Crippen LogP contribution in [0.25, 0.3) is 5.70 Å². The summed E-state index contributed by atoms with van der Waals surface area (Å²) in [6.07, 6.45) is 20.3. The lowest BCUT2D eigenvalue weighted by Gasteiger charge is -2.32. The number of rotatable bonds is 9. The molecule has 8 rings (SSSR count). The van der Waals surface area contributed by atoms with Crippen LogP contribution in [0.5, 0.6) is 0 Å². The summed E-state index contributed by atoms with van der Waals surface area (Å²) in [6.45, 7) is 2.13. The van der Waals surface area contributed by atoms with Crippen LogP contribution in [0, 0.1) is 5.41 Å². The van der Waals surface area contributed by atoms with Gasteiger partial charge in [-0.25, -0.2) is 24.9 Å². The number of hydrogen-bond donors (Lipinski definition) is 4. The number of aliphatic imine (C=N–C) groups is 4. The Balaban J connectivity index is 1.20. The molecule has 49 heavy (non-hydrogen) atoms. The van der Waals surface area contributed by atoms with E-state index in [2.05, 4.69) is 91.1 Å². The van der Waals surface area contributed by atoms with Gasteiger partial charge in [-0.05, 0) is 104 Å². The molecule has 0 spiro atoms. The predicted molar refractivity (Wildman–Crippen MR) is 207 cm³/mol. The Bertz CT molecular complexity index is 1970. The summed E-state index contributed by atoms with van der Waals surface area (Å²) in [7, 11) is 0. The van der Waals surface area contributed by atoms with E-state index in [1.807, 2.05) is 17.2 Å². The van der Waals surface area contributed by atoms with E-state index in [1.54, 1.807) is 6.08 Å². The number of anilines is 4. The molecule has 0 atom stereocenters. The maximum atomic E-state index is 7.57. The normalized spacial score (nSPS) is 19.3. The van der Waals surface area contributed by atoms with E-state index in [4.69, 9.17) is 15.4 Å². The Kier molecular flexibility index (Phi) is 8.97. The summed E-state index contributed by atoms with van der Waals surface area (Å²) >= 11 is 6.05. The van der Waals surface area contributed by atoms with Gasteiger partial charge < -0.3 is 20.9 Å². The monoisotopic (exact) mass is 686 g/mol. The molecule has 1 aliphatic carbocycles. The zero-order chi connectivity index (χ0) is 33.2. The molecule has 0 bridgehead atoms. The van der Waals surface area contributed by atoms with E-state index in [1.165, 1.54) is 86.7 Å². The average Bonchev–Trinajstić information content (AvgIpc) is 3.65. The number of nitrogens with one attached hydrogen (secondary N) is 3. The van der Waals surface area contributed by atoms with Gasteiger partial charge in [-0.2, -0.15) is 4.37 Å². The second-order valence-corrected chi connectivity index (χ2v) is 14.1. The van der Waals surface area contributed by atoms with E-state index < -0.39 is 0 Å². The summed E-state index contributed by atoms with van der Waals surface area (Å²) in [5.41, 5.74) is 8.75. The largest absolute Gasteiger partial charge is 0.371 e. The van der Waals surface area contributed by atoms with Gasteiger partial charge in [0.15, 0.2) is 0 Å². The lowest BCUT2D eigenvalue weighted by atomic mass is 9.83. The highest BCUT2D eigenvalue weighted by molar-refractivity contribution is 7.84. The van der Waals surface area contributed by atoms with Gasteiger partial charge in [-0.15, -0.1) is 12.6 Å². The van der Waals surface area contributed by atoms with Crippen LogP contribution in [0.3, 0.4) is 0 Å². The van der Waals surface area contributed by atoms with Crippen LogP contribution in [0.1, 0.15) is 74.0 Å². The molecule has 0 unspecified atom stereocenters. The third-order valence-electron chi connectivity index (χ3n) is 9.61. The lowest BCUT2D eigenvalue weighted by molar-refractivity contribution is 0.444. The molecule has 1 aromatic heterocycles. The van der Waals surface area contributed by atoms with Gasteiger partial charge in [-0.3, -0.25) is 0 Å². The fraction of sp³-hybridized carbons (Fsp3) is 0.297. The number of nitrogens with zero attached hydrogens (tertiary/aromatic N) is 7. The van der Waals surface area contributed by atoms with Gasteiger partial charge in [-0.1, -0.05) is 31.4 Å². The van der Waals surface area contributed by atoms with Crippen molar-refractivity contribution in [3.8, 4) is 0 Å². The summed E-state index contributed by atoms with van der Waals surface area (Å²) in [6, 6.07) is 15.2. The highest BCUT2D eigenvalue weighted by Gasteiger charge is 2.32. The topological polar surface area (TPSA) is 117 Å². The number of guanidine groups is 2. The minimum absolute atomic E-state index is 0.517. The summed E-state index contributed by atoms with van der Waals surface area (Å²) in [5.74, 6) is 1.58. The Hall–Kier alpha value is -4.81. The first kappa shape index (κ1) is 31.5. The van der Waals surface area contributed by atoms with Crippen molar-refractivity contribution in [1.29, 1.82) is 5.41 Å². The molecule has 2 fully saturated rings. The highest BCUT2D eigenvalue weighted by Crippen LogP contribution is 2.39. The van der Waals surface area contributed by atoms with Crippen molar-refractivity contribution >= 4 is 82.1 Å². The second kappa shape index (κ2) is 14.0. The van der Waals surface area contributed by atoms with Gasteiger partial charge in [0.25, 0.3) is 0 Å². The van der Waals surface area contributed by atoms with E-state index >= 15 is 0 Å². The molecule has 10 nitrogen and oxygen atoms in total. The standard InChI is InChI=1S/C37H38N10S2/c38-15-13-34(48)42-30-19-25(24-7-3-1-4-8-24)9-11-28(30)32-21-27-22-33(45-37-40-23-39-36(44-32)47(27)37)29-12-10-26(46-17-5-2-6-18-46)20-31(29)43-35-14-16-41-49-35/h9-16,19-24,38,42-43,48H,1-8,17-18H2/b34-13-,38-15?. The van der Waals surface area contributed by atoms with Gasteiger partial charge in [0.1, 0.15) is 11.3 Å². The summed E-state index contributed by atoms with van der Waals surface area (Å²) in [4.78, 5) is 23.5. The molecule has 3 N–H and O–H groups in total. The third-order valence-corrected chi connectivity index (χ3v) is 10.5. The number of benzene rings is 2. The first-order chi connectivity index (χ1) is 24.1. The molecular formula is C37H38N10S2. The van der Waals surface area contributed by atoms with Gasteiger partial charge >= 0.3 is 0 Å². The average molecular weight is 687 g/mol. The van der Waals surface area contributed by atoms with Crippen molar-refractivity contribution in [3.05, 3.63) is 94.3 Å². The van der Waals surface area contributed by atoms with Crippen LogP contribution in [0.2, 0.25) is 0 Å². The molecule has 248 valence electrons. The van der Waals surface area contributed by atoms with E-state index in [0.29, 0.717) is 22.9 Å². The maximum Gasteiger partial charge on any atom is 0.239 e. The van der Waals surface area contributed by atoms with E-state index in [0.717, 1.165) is 57.7 Å². The molecule has 5 heterocycles. The van der Waals surface area contributed by atoms with Crippen LogP contribution in [0.15, 0.2) is 97.6 Å². The Morgan fingerprint density at radius 1 is 0.898 bits per heavy atom. The minimum Gasteiger partial charge on any atom is -0.371 e. The quantitative estimate of drug-likeness (QED) is 0.133. The van der Waals surface area contributed by atoms with Gasteiger partial charge in [0, 0.05) is 48.0 Å². The molecule has 12 heteroatoms. The van der Waals surface area contributed by atoms with Crippen molar-refractivity contribution < 1.29 is 0 Å². The Morgan fingerprint density at radius 2 is 1.73 bits per heavy atom. The van der Waals surface area contributed by atoms with Crippen LogP contribution in [0.4, 0.5) is 22.1 Å². The Morgan fingerprint density at radius 3 is 2.55 bits per heavy atom. The number of thiol groups is 1. The van der Waals surface area contributed by atoms with Crippen molar-refractivity contribution in [2.45, 2.75) is 57.3 Å². The molecule has 1 saturated heterocycles. The minimum atomic E-state index is 0.517. The number of aromatic nitrogens is 1. The zero-order valence-electron chi connectivity index (χ0n) is 27.1. The summed E-state index contributed by atoms with van der Waals surface area (Å²) in [5, 5.41) is 16.2. The second-order valence-electron chi connectivity index (χ2n) is 12.8. The molecule has 0 radical (unpaired) electrons. The van der Waals surface area contributed by atoms with Crippen molar-refractivity contribution in [2.24, 2.45) is 20.0 Å². The third kappa shape index (κ3) is 6.62. The number of piperidine rings is 1. The van der Waals surface area contributed by atoms with Crippen molar-refractivity contribution in [2.75, 3.05) is 28.6 Å². The fourth-order valence-electron chi connectivity index (χ4n) is 7.19. The van der Waals surface area contributed by atoms with Crippen molar-refractivity contribution in [3.63, 3.8) is 0 Å². The number of allylic oxidation sites excluding steroid dienone is 3. The fourth-order valence-corrected chi connectivity index (χ4v) is 7.90. The van der Waals surface area contributed by atoms with Crippen molar-refractivity contribution in [1.82, 2.24) is 9.27 Å². The van der Waals surface area contributed by atoms with Gasteiger partial charge in [0.2, 0.25) is 11.9 Å². The molecule has 1 saturated carbocycles. The molecule has 5 aliphatic rings. The van der Waals surface area contributed by atoms with Gasteiger partial charge in [0.05, 0.1) is 27.8 Å². The summed E-state index contributed by atoms with van der Waals surface area (Å²) < 4.78 is 4.31. The van der Waals surface area contributed by atoms with Crippen LogP contribution >= 0.6 is 24.2 Å². The first-order valence-electron chi connectivity index (χ1n) is 17.0. The zero-order valence-corrected chi connectivity index (χ0v) is 28.9. The van der Waals surface area contributed by atoms with E-state index in [-0.39, 0.29) is 0 Å². The smallest absolute Gasteiger partial charge is 0.239 e.